The highest BCUT2D eigenvalue weighted by Crippen LogP contribution is 2.35. The molecule has 1 saturated heterocycles. The van der Waals surface area contributed by atoms with Gasteiger partial charge in [-0.05, 0) is 61.8 Å². The molecule has 0 atom stereocenters. The molecule has 9 nitrogen and oxygen atoms in total. The van der Waals surface area contributed by atoms with E-state index in [1.54, 1.807) is 48.5 Å². The fraction of sp³-hybridized carbons (Fsp3) is 0.259. The van der Waals surface area contributed by atoms with Gasteiger partial charge < -0.3 is 26.2 Å². The Kier molecular flexibility index (Phi) is 7.47. The maximum absolute atomic E-state index is 12.6. The number of carboxylic acid groups (broad SMARTS) is 1. The molecule has 0 radical (unpaired) electrons. The minimum Gasteiger partial charge on any atom is -0.507 e. The summed E-state index contributed by atoms with van der Waals surface area (Å²) in [5.74, 6) is -1.11. The Hall–Kier alpha value is -4.42. The van der Waals surface area contributed by atoms with Crippen molar-refractivity contribution in [1.29, 1.82) is 5.26 Å². The van der Waals surface area contributed by atoms with Crippen molar-refractivity contribution in [2.75, 3.05) is 30.7 Å². The molecule has 0 aliphatic carbocycles. The zero-order valence-electron chi connectivity index (χ0n) is 19.6. The maximum Gasteiger partial charge on any atom is 0.306 e. The number of para-hydroxylation sites is 1. The first-order valence-corrected chi connectivity index (χ1v) is 11.7. The molecule has 1 aliphatic rings. The van der Waals surface area contributed by atoms with Gasteiger partial charge in [-0.15, -0.1) is 0 Å². The minimum absolute atomic E-state index is 0.0493. The van der Waals surface area contributed by atoms with Crippen LogP contribution in [0.5, 0.6) is 5.75 Å². The van der Waals surface area contributed by atoms with Gasteiger partial charge in [0.2, 0.25) is 5.91 Å². The van der Waals surface area contributed by atoms with Crippen LogP contribution in [0.4, 0.5) is 11.5 Å². The first kappa shape index (κ1) is 24.7. The number of phenols is 1. The van der Waals surface area contributed by atoms with Crippen LogP contribution >= 0.6 is 0 Å². The second-order valence-electron chi connectivity index (χ2n) is 8.78. The van der Waals surface area contributed by atoms with E-state index in [2.05, 4.69) is 21.3 Å². The first-order valence-electron chi connectivity index (χ1n) is 11.7. The van der Waals surface area contributed by atoms with Crippen LogP contribution in [0.3, 0.4) is 0 Å². The number of pyridine rings is 1. The van der Waals surface area contributed by atoms with E-state index in [0.29, 0.717) is 60.5 Å². The highest BCUT2D eigenvalue weighted by atomic mass is 16.4. The highest BCUT2D eigenvalue weighted by molar-refractivity contribution is 5.92. The van der Waals surface area contributed by atoms with Gasteiger partial charge in [-0.3, -0.25) is 9.59 Å². The Morgan fingerprint density at radius 2 is 1.86 bits per heavy atom. The number of amides is 1. The molecular formula is C27H27N5O4. The summed E-state index contributed by atoms with van der Waals surface area (Å²) in [4.78, 5) is 30.1. The Balaban J connectivity index is 1.49. The zero-order chi connectivity index (χ0) is 25.7. The number of benzene rings is 2. The number of carboxylic acids is 1. The van der Waals surface area contributed by atoms with Crippen molar-refractivity contribution >= 4 is 23.4 Å². The van der Waals surface area contributed by atoms with Gasteiger partial charge >= 0.3 is 5.97 Å². The number of nitrogens with one attached hydrogen (secondary N) is 1. The number of likely N-dealkylation sites (tertiary alicyclic amines) is 1. The van der Waals surface area contributed by atoms with Crippen molar-refractivity contribution in [2.45, 2.75) is 19.3 Å². The van der Waals surface area contributed by atoms with Crippen molar-refractivity contribution in [1.82, 2.24) is 9.88 Å². The molecule has 184 valence electrons. The number of carbonyl (C=O) groups excluding carboxylic acids is 1. The van der Waals surface area contributed by atoms with Gasteiger partial charge in [0.25, 0.3) is 0 Å². The lowest BCUT2D eigenvalue weighted by Crippen LogP contribution is -2.37. The van der Waals surface area contributed by atoms with Crippen LogP contribution < -0.4 is 11.1 Å². The molecule has 2 heterocycles. The van der Waals surface area contributed by atoms with Crippen molar-refractivity contribution in [3.8, 4) is 34.2 Å². The van der Waals surface area contributed by atoms with Crippen molar-refractivity contribution in [3.05, 3.63) is 60.2 Å². The standard InChI is InChI=1S/C27H27N5O4/c28-16-22-21(15-23(31-26(22)29)20-6-1-2-7-24(20)33)18-4-3-5-19(14-18)30-25(34)10-13-32-11-8-17(9-12-32)27(35)36/h1-7,14-15,17,33H,8-13H2,(H2,29,31)(H,30,34)(H,35,36). The number of rotatable bonds is 7. The number of nitrogen functional groups attached to an aromatic ring is 1. The van der Waals surface area contributed by atoms with Gasteiger partial charge in [0.15, 0.2) is 0 Å². The third-order valence-corrected chi connectivity index (χ3v) is 6.39. The number of nitrogens with zero attached hydrogens (tertiary/aromatic N) is 3. The molecule has 2 aromatic carbocycles. The molecule has 1 aromatic heterocycles. The lowest BCUT2D eigenvalue weighted by molar-refractivity contribution is -0.143. The van der Waals surface area contributed by atoms with Gasteiger partial charge in [-0.1, -0.05) is 24.3 Å². The van der Waals surface area contributed by atoms with Crippen LogP contribution in [0.1, 0.15) is 24.8 Å². The van der Waals surface area contributed by atoms with E-state index < -0.39 is 5.97 Å². The van der Waals surface area contributed by atoms with Gasteiger partial charge in [0, 0.05) is 29.8 Å². The SMILES string of the molecule is N#Cc1c(-c2cccc(NC(=O)CCN3CCC(C(=O)O)CC3)c2)cc(-c2ccccc2O)nc1N. The number of phenolic OH excluding ortho intramolecular Hbond substituents is 1. The monoisotopic (exact) mass is 485 g/mol. The average molecular weight is 486 g/mol. The topological polar surface area (TPSA) is 153 Å². The fourth-order valence-electron chi connectivity index (χ4n) is 4.39. The van der Waals surface area contributed by atoms with E-state index in [1.807, 2.05) is 6.07 Å². The summed E-state index contributed by atoms with van der Waals surface area (Å²) in [5, 5.41) is 32.0. The van der Waals surface area contributed by atoms with E-state index in [-0.39, 0.29) is 35.4 Å². The van der Waals surface area contributed by atoms with Gasteiger partial charge in [-0.25, -0.2) is 4.98 Å². The smallest absolute Gasteiger partial charge is 0.306 e. The average Bonchev–Trinajstić information content (AvgIpc) is 2.87. The molecule has 5 N–H and O–H groups in total. The second kappa shape index (κ2) is 10.9. The number of nitrogens with two attached hydrogens (primary N) is 1. The Labute approximate surface area is 208 Å². The number of carbonyl (C=O) groups is 2. The molecule has 0 unspecified atom stereocenters. The maximum atomic E-state index is 12.6. The van der Waals surface area contributed by atoms with E-state index in [4.69, 9.17) is 10.8 Å². The molecule has 4 rings (SSSR count). The summed E-state index contributed by atoms with van der Waals surface area (Å²) in [6, 6.07) is 17.7. The number of aromatic nitrogens is 1. The van der Waals surface area contributed by atoms with Crippen molar-refractivity contribution < 1.29 is 19.8 Å². The molecule has 1 fully saturated rings. The van der Waals surface area contributed by atoms with Crippen LogP contribution in [0.2, 0.25) is 0 Å². The summed E-state index contributed by atoms with van der Waals surface area (Å²) >= 11 is 0. The summed E-state index contributed by atoms with van der Waals surface area (Å²) < 4.78 is 0. The molecule has 1 aliphatic heterocycles. The van der Waals surface area contributed by atoms with Crippen LogP contribution in [-0.4, -0.2) is 51.6 Å². The molecule has 36 heavy (non-hydrogen) atoms. The normalized spacial score (nSPS) is 14.2. The molecule has 0 bridgehead atoms. The molecule has 9 heteroatoms. The summed E-state index contributed by atoms with van der Waals surface area (Å²) in [7, 11) is 0. The number of nitriles is 1. The largest absolute Gasteiger partial charge is 0.507 e. The van der Waals surface area contributed by atoms with Crippen LogP contribution in [0, 0.1) is 17.2 Å². The Morgan fingerprint density at radius 3 is 2.56 bits per heavy atom. The van der Waals surface area contributed by atoms with Gasteiger partial charge in [0.1, 0.15) is 23.2 Å². The number of aliphatic carboxylic acids is 1. The highest BCUT2D eigenvalue weighted by Gasteiger charge is 2.24. The van der Waals surface area contributed by atoms with Gasteiger partial charge in [0.05, 0.1) is 11.6 Å². The van der Waals surface area contributed by atoms with E-state index in [1.165, 1.54) is 0 Å². The van der Waals surface area contributed by atoms with Crippen LogP contribution in [-0.2, 0) is 9.59 Å². The van der Waals surface area contributed by atoms with Crippen LogP contribution in [0.25, 0.3) is 22.4 Å². The number of piperidine rings is 1. The number of anilines is 2. The minimum atomic E-state index is -0.754. The third-order valence-electron chi connectivity index (χ3n) is 6.39. The molecule has 0 saturated carbocycles. The molecule has 3 aromatic rings. The number of hydrogen-bond acceptors (Lipinski definition) is 7. The summed E-state index contributed by atoms with van der Waals surface area (Å²) in [6.45, 7) is 1.89. The molecular weight excluding hydrogens is 458 g/mol. The first-order chi connectivity index (χ1) is 17.4. The van der Waals surface area contributed by atoms with Gasteiger partial charge in [-0.2, -0.15) is 5.26 Å². The van der Waals surface area contributed by atoms with Crippen molar-refractivity contribution in [2.24, 2.45) is 5.92 Å². The molecule has 0 spiro atoms. The Morgan fingerprint density at radius 1 is 1.11 bits per heavy atom. The van der Waals surface area contributed by atoms with Crippen molar-refractivity contribution in [3.63, 3.8) is 0 Å². The van der Waals surface area contributed by atoms with E-state index in [0.717, 1.165) is 0 Å². The van der Waals surface area contributed by atoms with E-state index in [9.17, 15) is 20.0 Å². The summed E-state index contributed by atoms with van der Waals surface area (Å²) in [6.07, 6.45) is 1.47. The predicted molar refractivity (Wildman–Crippen MR) is 136 cm³/mol. The third kappa shape index (κ3) is 5.62. The summed E-state index contributed by atoms with van der Waals surface area (Å²) in [5.41, 5.74) is 9.01. The lowest BCUT2D eigenvalue weighted by atomic mass is 9.97. The lowest BCUT2D eigenvalue weighted by Gasteiger charge is -2.29. The fourth-order valence-corrected chi connectivity index (χ4v) is 4.39. The number of aromatic hydroxyl groups is 1. The zero-order valence-corrected chi connectivity index (χ0v) is 19.6. The Bertz CT molecular complexity index is 1330. The molecule has 1 amide bonds. The quantitative estimate of drug-likeness (QED) is 0.395. The van der Waals surface area contributed by atoms with E-state index >= 15 is 0 Å². The predicted octanol–water partition coefficient (Wildman–Crippen LogP) is 3.70. The van der Waals surface area contributed by atoms with Crippen LogP contribution in [0.15, 0.2) is 54.6 Å². The number of hydrogen-bond donors (Lipinski definition) is 4. The second-order valence-corrected chi connectivity index (χ2v) is 8.78.